The first-order valence-corrected chi connectivity index (χ1v) is 23.0. The maximum atomic E-state index is 13.6. The molecule has 2 saturated heterocycles. The lowest BCUT2D eigenvalue weighted by molar-refractivity contribution is -0.141. The van der Waals surface area contributed by atoms with Crippen molar-refractivity contribution in [3.05, 3.63) is 129 Å². The molecule has 4 fully saturated rings. The molecule has 63 heavy (non-hydrogen) atoms. The zero-order valence-corrected chi connectivity index (χ0v) is 37.0. The minimum absolute atomic E-state index is 0.145. The van der Waals surface area contributed by atoms with E-state index < -0.39 is 28.9 Å². The lowest BCUT2D eigenvalue weighted by atomic mass is 9.63. The van der Waals surface area contributed by atoms with Gasteiger partial charge in [0.1, 0.15) is 11.5 Å². The highest BCUT2D eigenvalue weighted by Crippen LogP contribution is 2.47. The predicted molar refractivity (Wildman–Crippen MR) is 236 cm³/mol. The SMILES string of the molecule is FC(F)(F)c1ccc(OCC2CCCCN(CC3(c4ccc(Cl)cc4)CCC3)C2)cc1.O=C(N1CCCCC(COc2ccc(C(F)(F)F)cc2)C1)C1(c2ccc(Cl)cc2)CCC1. The fourth-order valence-electron chi connectivity index (χ4n) is 9.66. The molecule has 4 aromatic carbocycles. The van der Waals surface area contributed by atoms with Gasteiger partial charge in [-0.25, -0.2) is 0 Å². The van der Waals surface area contributed by atoms with Gasteiger partial charge >= 0.3 is 12.4 Å². The van der Waals surface area contributed by atoms with Crippen molar-refractivity contribution in [1.82, 2.24) is 9.80 Å². The van der Waals surface area contributed by atoms with Crippen LogP contribution in [0, 0.1) is 11.8 Å². The number of rotatable bonds is 11. The summed E-state index contributed by atoms with van der Waals surface area (Å²) < 4.78 is 88.2. The number of benzene rings is 4. The fourth-order valence-corrected chi connectivity index (χ4v) is 9.91. The summed E-state index contributed by atoms with van der Waals surface area (Å²) in [6.45, 7) is 5.35. The Morgan fingerprint density at radius 1 is 0.571 bits per heavy atom. The molecule has 2 aliphatic carbocycles. The smallest absolute Gasteiger partial charge is 0.416 e. The van der Waals surface area contributed by atoms with E-state index in [2.05, 4.69) is 17.0 Å². The van der Waals surface area contributed by atoms with Gasteiger partial charge in [0.2, 0.25) is 5.91 Å². The summed E-state index contributed by atoms with van der Waals surface area (Å²) in [5, 5.41) is 1.43. The van der Waals surface area contributed by atoms with Crippen LogP contribution in [0.15, 0.2) is 97.1 Å². The molecule has 5 nitrogen and oxygen atoms in total. The van der Waals surface area contributed by atoms with Gasteiger partial charge in [-0.1, -0.05) is 73.2 Å². The van der Waals surface area contributed by atoms with Crippen LogP contribution in [0.3, 0.4) is 0 Å². The molecule has 0 N–H and O–H groups in total. The summed E-state index contributed by atoms with van der Waals surface area (Å²) in [6, 6.07) is 25.7. The standard InChI is InChI=1S/C25H27ClF3NO2.C25H29ClF3NO/c26-21-9-5-19(6-10-21)24(13-3-14-24)23(31)30-15-2-1-4-18(16-30)17-32-22-11-7-20(8-12-22)25(27,28)29;26-22-9-5-20(6-10-22)24(13-3-14-24)18-30-15-2-1-4-19(16-30)17-31-23-11-7-21(8-12-23)25(27,28)29/h5-12,18H,1-4,13-17H2;5-12,19H,1-4,13-18H2. The van der Waals surface area contributed by atoms with E-state index >= 15 is 0 Å². The second kappa shape index (κ2) is 20.5. The van der Waals surface area contributed by atoms with Gasteiger partial charge in [0.25, 0.3) is 0 Å². The van der Waals surface area contributed by atoms with Crippen molar-refractivity contribution in [2.45, 2.75) is 100 Å². The van der Waals surface area contributed by atoms with Gasteiger partial charge < -0.3 is 19.3 Å². The van der Waals surface area contributed by atoms with Gasteiger partial charge in [0.15, 0.2) is 0 Å². The Labute approximate surface area is 377 Å². The number of halogens is 8. The molecule has 2 heterocycles. The van der Waals surface area contributed by atoms with E-state index in [9.17, 15) is 31.1 Å². The van der Waals surface area contributed by atoms with Crippen LogP contribution < -0.4 is 9.47 Å². The van der Waals surface area contributed by atoms with Gasteiger partial charge in [0, 0.05) is 53.5 Å². The molecule has 8 rings (SSSR count). The van der Waals surface area contributed by atoms with Crippen LogP contribution in [0.25, 0.3) is 0 Å². The van der Waals surface area contributed by atoms with E-state index in [0.29, 0.717) is 42.2 Å². The van der Waals surface area contributed by atoms with Crippen LogP contribution in [0.2, 0.25) is 10.0 Å². The number of carbonyl (C=O) groups is 1. The molecule has 2 aliphatic heterocycles. The van der Waals surface area contributed by atoms with Crippen molar-refractivity contribution < 1.29 is 40.6 Å². The number of hydrogen-bond donors (Lipinski definition) is 0. The van der Waals surface area contributed by atoms with E-state index in [-0.39, 0.29) is 17.2 Å². The fraction of sp³-hybridized carbons (Fsp3) is 0.500. The minimum atomic E-state index is -4.36. The van der Waals surface area contributed by atoms with Crippen LogP contribution >= 0.6 is 23.2 Å². The molecule has 4 aliphatic rings. The molecule has 13 heteroatoms. The number of hydrogen-bond acceptors (Lipinski definition) is 4. The Morgan fingerprint density at radius 3 is 1.48 bits per heavy atom. The van der Waals surface area contributed by atoms with Crippen LogP contribution in [0.4, 0.5) is 26.3 Å². The number of ether oxygens (including phenoxy) is 2. The van der Waals surface area contributed by atoms with E-state index in [1.165, 1.54) is 55.5 Å². The summed E-state index contributed by atoms with van der Waals surface area (Å²) in [6.07, 6.45) is 4.01. The lowest BCUT2D eigenvalue weighted by Gasteiger charge is -2.46. The molecule has 4 aromatic rings. The Bertz CT molecular complexity index is 2070. The van der Waals surface area contributed by atoms with Crippen molar-refractivity contribution in [1.29, 1.82) is 0 Å². The van der Waals surface area contributed by atoms with E-state index in [4.69, 9.17) is 32.7 Å². The topological polar surface area (TPSA) is 42.0 Å². The van der Waals surface area contributed by atoms with Crippen LogP contribution in [-0.2, 0) is 28.0 Å². The second-order valence-electron chi connectivity index (χ2n) is 18.0. The van der Waals surface area contributed by atoms with E-state index in [1.54, 1.807) is 0 Å². The highest BCUT2D eigenvalue weighted by atomic mass is 35.5. The van der Waals surface area contributed by atoms with E-state index in [0.717, 1.165) is 112 Å². The minimum Gasteiger partial charge on any atom is -0.493 e. The molecule has 340 valence electrons. The molecule has 0 bridgehead atoms. The zero-order chi connectivity index (χ0) is 44.7. The lowest BCUT2D eigenvalue weighted by Crippen LogP contribution is -2.52. The zero-order valence-electron chi connectivity index (χ0n) is 35.5. The summed E-state index contributed by atoms with van der Waals surface area (Å²) in [5.74, 6) is 1.61. The molecule has 1 amide bonds. The Balaban J connectivity index is 0.000000189. The third-order valence-corrected chi connectivity index (χ3v) is 14.1. The van der Waals surface area contributed by atoms with Crippen molar-refractivity contribution in [3.63, 3.8) is 0 Å². The molecule has 2 unspecified atom stereocenters. The third-order valence-electron chi connectivity index (χ3n) is 13.6. The summed E-state index contributed by atoms with van der Waals surface area (Å²) in [4.78, 5) is 18.2. The third kappa shape index (κ3) is 12.1. The number of carbonyl (C=O) groups excluding carboxylic acids is 1. The Hall–Kier alpha value is -3.93. The maximum absolute atomic E-state index is 13.6. The second-order valence-corrected chi connectivity index (χ2v) is 18.8. The monoisotopic (exact) mass is 916 g/mol. The van der Waals surface area contributed by atoms with Gasteiger partial charge in [-0.3, -0.25) is 4.79 Å². The summed E-state index contributed by atoms with van der Waals surface area (Å²) in [7, 11) is 0. The molecule has 0 spiro atoms. The van der Waals surface area contributed by atoms with E-state index in [1.807, 2.05) is 41.3 Å². The Kier molecular flexibility index (Phi) is 15.3. The largest absolute Gasteiger partial charge is 0.493 e. The van der Waals surface area contributed by atoms with Crippen LogP contribution in [-0.4, -0.2) is 61.6 Å². The van der Waals surface area contributed by atoms with Crippen molar-refractivity contribution in [2.75, 3.05) is 45.9 Å². The first-order valence-electron chi connectivity index (χ1n) is 22.3. The van der Waals surface area contributed by atoms with Crippen LogP contribution in [0.1, 0.15) is 99.3 Å². The Morgan fingerprint density at radius 2 is 1.03 bits per heavy atom. The van der Waals surface area contributed by atoms with Crippen LogP contribution in [0.5, 0.6) is 11.5 Å². The molecular weight excluding hydrogens is 861 g/mol. The number of amides is 1. The molecule has 2 saturated carbocycles. The normalized spacial score (nSPS) is 21.4. The maximum Gasteiger partial charge on any atom is 0.416 e. The molecular formula is C50H56Cl2F6N2O3. The summed E-state index contributed by atoms with van der Waals surface area (Å²) in [5.41, 5.74) is 0.823. The molecule has 0 radical (unpaired) electrons. The van der Waals surface area contributed by atoms with Gasteiger partial charge in [-0.05, 0) is 142 Å². The first kappa shape index (κ1) is 47.0. The van der Waals surface area contributed by atoms with Crippen molar-refractivity contribution in [3.8, 4) is 11.5 Å². The van der Waals surface area contributed by atoms with Gasteiger partial charge in [-0.2, -0.15) is 26.3 Å². The number of likely N-dealkylation sites (tertiary alicyclic amines) is 2. The van der Waals surface area contributed by atoms with Crippen molar-refractivity contribution >= 4 is 29.1 Å². The average Bonchev–Trinajstić information content (AvgIpc) is 3.62. The number of alkyl halides is 6. The quantitative estimate of drug-likeness (QED) is 0.141. The highest BCUT2D eigenvalue weighted by Gasteiger charge is 2.48. The van der Waals surface area contributed by atoms with Gasteiger partial charge in [-0.15, -0.1) is 0 Å². The molecule has 2 atom stereocenters. The number of nitrogens with zero attached hydrogens (tertiary/aromatic N) is 2. The average molecular weight is 918 g/mol. The first-order chi connectivity index (χ1) is 30.1. The highest BCUT2D eigenvalue weighted by molar-refractivity contribution is 6.30. The summed E-state index contributed by atoms with van der Waals surface area (Å²) >= 11 is 12.1. The van der Waals surface area contributed by atoms with Crippen molar-refractivity contribution in [2.24, 2.45) is 11.8 Å². The predicted octanol–water partition coefficient (Wildman–Crippen LogP) is 13.4. The van der Waals surface area contributed by atoms with Gasteiger partial charge in [0.05, 0.1) is 29.8 Å². The molecule has 0 aromatic heterocycles.